The van der Waals surface area contributed by atoms with E-state index in [2.05, 4.69) is 15.2 Å². The number of carbonyl (C=O) groups excluding carboxylic acids is 1. The number of hydrogen-bond donors (Lipinski definition) is 0. The molecule has 27 heavy (non-hydrogen) atoms. The second kappa shape index (κ2) is 7.45. The fourth-order valence-electron chi connectivity index (χ4n) is 3.49. The number of hydrogen-bond acceptors (Lipinski definition) is 7. The maximum atomic E-state index is 12.6. The summed E-state index contributed by atoms with van der Waals surface area (Å²) in [5.74, 6) is -1.62. The minimum atomic E-state index is -0.691. The minimum absolute atomic E-state index is 0.0406. The Labute approximate surface area is 155 Å². The second-order valence-corrected chi connectivity index (χ2v) is 6.21. The van der Waals surface area contributed by atoms with Gasteiger partial charge in [-0.25, -0.2) is 0 Å². The zero-order valence-electron chi connectivity index (χ0n) is 15.1. The molecule has 1 aromatic carbocycles. The molecule has 2 atom stereocenters. The van der Waals surface area contributed by atoms with E-state index in [1.54, 1.807) is 37.5 Å². The zero-order valence-corrected chi connectivity index (χ0v) is 15.1. The fraction of sp³-hybridized carbons (Fsp3) is 0.263. The van der Waals surface area contributed by atoms with Crippen LogP contribution >= 0.6 is 0 Å². The van der Waals surface area contributed by atoms with Gasteiger partial charge in [0.25, 0.3) is 5.69 Å². The average molecular weight is 366 g/mol. The molecule has 3 rings (SSSR count). The van der Waals surface area contributed by atoms with Crippen LogP contribution in [0.4, 0.5) is 5.69 Å². The smallest absolute Gasteiger partial charge is 0.315 e. The molecule has 0 N–H and O–H groups in total. The van der Waals surface area contributed by atoms with Crippen LogP contribution in [0, 0.1) is 16.0 Å². The largest absolute Gasteiger partial charge is 0.468 e. The maximum Gasteiger partial charge on any atom is 0.315 e. The summed E-state index contributed by atoms with van der Waals surface area (Å²) in [5, 5.41) is 19.0. The molecule has 0 aliphatic carbocycles. The van der Waals surface area contributed by atoms with Gasteiger partial charge in [-0.2, -0.15) is 10.2 Å². The Morgan fingerprint density at radius 2 is 2.00 bits per heavy atom. The Bertz CT molecular complexity index is 953. The highest BCUT2D eigenvalue weighted by atomic mass is 16.6. The summed E-state index contributed by atoms with van der Waals surface area (Å²) in [6.45, 7) is 3.61. The van der Waals surface area contributed by atoms with Crippen molar-refractivity contribution < 1.29 is 14.5 Å². The molecule has 138 valence electrons. The lowest BCUT2D eigenvalue weighted by molar-refractivity contribution is -0.384. The first kappa shape index (κ1) is 18.4. The van der Waals surface area contributed by atoms with Crippen LogP contribution in [0.25, 0.3) is 5.57 Å². The lowest BCUT2D eigenvalue weighted by Gasteiger charge is -2.32. The Kier molecular flexibility index (Phi) is 5.07. The molecule has 2 unspecified atom stereocenters. The molecule has 1 aromatic heterocycles. The molecule has 0 saturated heterocycles. The molecule has 0 radical (unpaired) electrons. The van der Waals surface area contributed by atoms with E-state index in [-0.39, 0.29) is 5.69 Å². The predicted octanol–water partition coefficient (Wildman–Crippen LogP) is 3.16. The van der Waals surface area contributed by atoms with Crippen LogP contribution in [0.15, 0.2) is 53.4 Å². The predicted molar refractivity (Wildman–Crippen MR) is 99.1 cm³/mol. The van der Waals surface area contributed by atoms with Crippen LogP contribution < -0.4 is 0 Å². The van der Waals surface area contributed by atoms with E-state index in [4.69, 9.17) is 4.74 Å². The molecular weight excluding hydrogens is 348 g/mol. The number of nitro groups is 1. The van der Waals surface area contributed by atoms with Crippen LogP contribution in [0.5, 0.6) is 0 Å². The number of esters is 1. The molecule has 0 fully saturated rings. The fourth-order valence-corrected chi connectivity index (χ4v) is 3.49. The van der Waals surface area contributed by atoms with Crippen molar-refractivity contribution in [2.24, 2.45) is 10.9 Å². The first-order valence-electron chi connectivity index (χ1n) is 8.29. The van der Waals surface area contributed by atoms with Gasteiger partial charge in [-0.15, -0.1) is 0 Å². The van der Waals surface area contributed by atoms with Crippen molar-refractivity contribution in [2.75, 3.05) is 7.11 Å². The first-order valence-corrected chi connectivity index (χ1v) is 8.29. The standard InChI is InChI=1S/C19H18N4O4/c1-11-16(14-7-8-20-21-10-14)18(17(12(2)22-11)19(24)27-3)13-5-4-6-15(9-13)23(25)26/h4-10,17-18H,1-3H3. The topological polar surface area (TPSA) is 108 Å². The summed E-state index contributed by atoms with van der Waals surface area (Å²) in [6, 6.07) is 8.07. The molecule has 8 heteroatoms. The molecule has 2 aromatic rings. The summed E-state index contributed by atoms with van der Waals surface area (Å²) >= 11 is 0. The number of non-ortho nitro benzene ring substituents is 1. The van der Waals surface area contributed by atoms with Crippen molar-refractivity contribution in [3.05, 3.63) is 69.7 Å². The number of nitro benzene ring substituents is 1. The Morgan fingerprint density at radius 3 is 2.63 bits per heavy atom. The van der Waals surface area contributed by atoms with Crippen LogP contribution in [-0.2, 0) is 9.53 Å². The highest BCUT2D eigenvalue weighted by Gasteiger charge is 2.40. The average Bonchev–Trinajstić information content (AvgIpc) is 2.67. The number of aliphatic imine (C=N–C) groups is 1. The lowest BCUT2D eigenvalue weighted by Crippen LogP contribution is -2.33. The van der Waals surface area contributed by atoms with Gasteiger partial charge in [-0.05, 0) is 31.1 Å². The summed E-state index contributed by atoms with van der Waals surface area (Å²) in [5.41, 5.74) is 3.44. The lowest BCUT2D eigenvalue weighted by atomic mass is 9.74. The normalized spacial score (nSPS) is 19.4. The number of nitrogens with zero attached hydrogens (tertiary/aromatic N) is 4. The molecule has 0 spiro atoms. The number of allylic oxidation sites excluding steroid dienone is 2. The third-order valence-electron chi connectivity index (χ3n) is 4.62. The molecule has 8 nitrogen and oxygen atoms in total. The van der Waals surface area contributed by atoms with Gasteiger partial charge in [0.05, 0.1) is 24.4 Å². The number of rotatable bonds is 4. The third kappa shape index (κ3) is 3.46. The highest BCUT2D eigenvalue weighted by Crippen LogP contribution is 2.44. The number of aromatic nitrogens is 2. The van der Waals surface area contributed by atoms with Crippen molar-refractivity contribution in [2.45, 2.75) is 19.8 Å². The van der Waals surface area contributed by atoms with Crippen molar-refractivity contribution in [3.63, 3.8) is 0 Å². The molecule has 1 aliphatic rings. The van der Waals surface area contributed by atoms with Gasteiger partial charge in [0.15, 0.2) is 0 Å². The van der Waals surface area contributed by atoms with E-state index in [9.17, 15) is 14.9 Å². The molecule has 2 heterocycles. The third-order valence-corrected chi connectivity index (χ3v) is 4.62. The Morgan fingerprint density at radius 1 is 1.22 bits per heavy atom. The molecule has 0 saturated carbocycles. The van der Waals surface area contributed by atoms with Gasteiger partial charge in [0.1, 0.15) is 5.92 Å². The quantitative estimate of drug-likeness (QED) is 0.467. The van der Waals surface area contributed by atoms with E-state index in [1.807, 2.05) is 6.92 Å². The summed E-state index contributed by atoms with van der Waals surface area (Å²) in [4.78, 5) is 27.9. The van der Waals surface area contributed by atoms with Crippen molar-refractivity contribution in [1.29, 1.82) is 0 Å². The van der Waals surface area contributed by atoms with E-state index in [0.29, 0.717) is 11.3 Å². The summed E-state index contributed by atoms with van der Waals surface area (Å²) in [6.07, 6.45) is 3.14. The van der Waals surface area contributed by atoms with Crippen LogP contribution in [0.1, 0.15) is 30.9 Å². The van der Waals surface area contributed by atoms with Crippen LogP contribution in [-0.4, -0.2) is 33.9 Å². The van der Waals surface area contributed by atoms with E-state index in [1.165, 1.54) is 19.2 Å². The van der Waals surface area contributed by atoms with Gasteiger partial charge >= 0.3 is 5.97 Å². The van der Waals surface area contributed by atoms with Gasteiger partial charge in [0.2, 0.25) is 0 Å². The zero-order chi connectivity index (χ0) is 19.6. The van der Waals surface area contributed by atoms with Gasteiger partial charge < -0.3 is 4.74 Å². The Balaban J connectivity index is 2.25. The monoisotopic (exact) mass is 366 g/mol. The van der Waals surface area contributed by atoms with E-state index >= 15 is 0 Å². The van der Waals surface area contributed by atoms with Gasteiger partial charge in [-0.3, -0.25) is 19.9 Å². The number of ether oxygens (including phenoxy) is 1. The van der Waals surface area contributed by atoms with Crippen molar-refractivity contribution >= 4 is 22.9 Å². The summed E-state index contributed by atoms with van der Waals surface area (Å²) < 4.78 is 5.00. The van der Waals surface area contributed by atoms with Gasteiger partial charge in [0, 0.05) is 35.0 Å². The van der Waals surface area contributed by atoms with Crippen LogP contribution in [0.3, 0.4) is 0 Å². The first-order chi connectivity index (χ1) is 12.9. The molecule has 0 amide bonds. The SMILES string of the molecule is COC(=O)C1C(C)=NC(C)=C(c2ccnnc2)C1c1cccc([N+](=O)[O-])c1. The number of benzene rings is 1. The van der Waals surface area contributed by atoms with E-state index in [0.717, 1.165) is 16.8 Å². The molecular formula is C19H18N4O4. The van der Waals surface area contributed by atoms with Gasteiger partial charge in [-0.1, -0.05) is 12.1 Å². The van der Waals surface area contributed by atoms with Crippen LogP contribution in [0.2, 0.25) is 0 Å². The highest BCUT2D eigenvalue weighted by molar-refractivity contribution is 6.06. The molecule has 1 aliphatic heterocycles. The number of carbonyl (C=O) groups is 1. The molecule has 0 bridgehead atoms. The minimum Gasteiger partial charge on any atom is -0.468 e. The van der Waals surface area contributed by atoms with Crippen molar-refractivity contribution in [3.8, 4) is 0 Å². The number of methoxy groups -OCH3 is 1. The Hall–Kier alpha value is -3.42. The second-order valence-electron chi connectivity index (χ2n) is 6.21. The van der Waals surface area contributed by atoms with E-state index < -0.39 is 22.7 Å². The maximum absolute atomic E-state index is 12.6. The van der Waals surface area contributed by atoms with Crippen molar-refractivity contribution in [1.82, 2.24) is 10.2 Å². The summed E-state index contributed by atoms with van der Waals surface area (Å²) in [7, 11) is 1.32.